The van der Waals surface area contributed by atoms with Crippen LogP contribution in [0.5, 0.6) is 0 Å². The lowest BCUT2D eigenvalue weighted by Crippen LogP contribution is -2.41. The van der Waals surface area contributed by atoms with Crippen molar-refractivity contribution in [2.75, 3.05) is 18.8 Å². The van der Waals surface area contributed by atoms with Gasteiger partial charge in [0, 0.05) is 42.0 Å². The van der Waals surface area contributed by atoms with E-state index in [4.69, 9.17) is 10.5 Å². The van der Waals surface area contributed by atoms with E-state index in [1.54, 1.807) is 56.0 Å². The smallest absolute Gasteiger partial charge is 0.407 e. The first-order valence-electron chi connectivity index (χ1n) is 9.96. The quantitative estimate of drug-likeness (QED) is 0.437. The van der Waals surface area contributed by atoms with Crippen molar-refractivity contribution in [2.45, 2.75) is 38.8 Å². The molecule has 0 spiro atoms. The molecule has 1 unspecified atom stereocenters. The van der Waals surface area contributed by atoms with Gasteiger partial charge in [-0.3, -0.25) is 14.9 Å². The van der Waals surface area contributed by atoms with Crippen LogP contribution >= 0.6 is 0 Å². The Bertz CT molecular complexity index is 1020. The van der Waals surface area contributed by atoms with E-state index in [1.807, 2.05) is 0 Å². The van der Waals surface area contributed by atoms with Crippen LogP contribution in [-0.2, 0) is 4.74 Å². The highest BCUT2D eigenvalue weighted by atomic mass is 16.6. The zero-order chi connectivity index (χ0) is 22.8. The predicted molar refractivity (Wildman–Crippen MR) is 117 cm³/mol. The number of amides is 2. The number of nitrogen functional groups attached to an aromatic ring is 1. The van der Waals surface area contributed by atoms with E-state index in [1.165, 1.54) is 12.1 Å². The number of nitro benzene ring substituents is 1. The van der Waals surface area contributed by atoms with Gasteiger partial charge in [-0.25, -0.2) is 4.79 Å². The predicted octanol–water partition coefficient (Wildman–Crippen LogP) is 3.58. The first kappa shape index (κ1) is 22.1. The topological polar surface area (TPSA) is 128 Å². The highest BCUT2D eigenvalue weighted by Gasteiger charge is 2.29. The van der Waals surface area contributed by atoms with Crippen LogP contribution in [-0.4, -0.2) is 46.6 Å². The Morgan fingerprint density at radius 3 is 2.61 bits per heavy atom. The minimum Gasteiger partial charge on any atom is -0.444 e. The Hall–Kier alpha value is -3.62. The van der Waals surface area contributed by atoms with Crippen LogP contribution in [0.3, 0.4) is 0 Å². The molecule has 1 saturated heterocycles. The SMILES string of the molecule is CC(C)(C)OC(=O)NC1CCN(C(=O)c2cccc(-c3ccc([N+](=O)[O-])cc3N)c2)C1. The van der Waals surface area contributed by atoms with Gasteiger partial charge in [0.2, 0.25) is 0 Å². The molecule has 1 aliphatic rings. The van der Waals surface area contributed by atoms with Gasteiger partial charge < -0.3 is 20.7 Å². The summed E-state index contributed by atoms with van der Waals surface area (Å²) in [5.41, 5.74) is 7.38. The van der Waals surface area contributed by atoms with Crippen LogP contribution in [0.4, 0.5) is 16.2 Å². The molecule has 0 aromatic heterocycles. The number of carbonyl (C=O) groups excluding carboxylic acids is 2. The molecule has 0 saturated carbocycles. The van der Waals surface area contributed by atoms with Crippen molar-refractivity contribution >= 4 is 23.4 Å². The summed E-state index contributed by atoms with van der Waals surface area (Å²) in [4.78, 5) is 37.0. The lowest BCUT2D eigenvalue weighted by Gasteiger charge is -2.22. The van der Waals surface area contributed by atoms with Gasteiger partial charge in [-0.2, -0.15) is 0 Å². The molecule has 1 atom stereocenters. The fraction of sp³-hybridized carbons (Fsp3) is 0.364. The molecular formula is C22H26N4O5. The van der Waals surface area contributed by atoms with Crippen molar-refractivity contribution in [1.29, 1.82) is 0 Å². The van der Waals surface area contributed by atoms with Crippen LogP contribution in [0, 0.1) is 10.1 Å². The van der Waals surface area contributed by atoms with Crippen LogP contribution in [0.2, 0.25) is 0 Å². The van der Waals surface area contributed by atoms with Crippen molar-refractivity contribution < 1.29 is 19.2 Å². The number of ether oxygens (including phenoxy) is 1. The number of alkyl carbamates (subject to hydrolysis) is 1. The number of anilines is 1. The largest absolute Gasteiger partial charge is 0.444 e. The van der Waals surface area contributed by atoms with Crippen LogP contribution in [0.1, 0.15) is 37.6 Å². The Kier molecular flexibility index (Phi) is 6.14. The summed E-state index contributed by atoms with van der Waals surface area (Å²) < 4.78 is 5.27. The van der Waals surface area contributed by atoms with E-state index in [2.05, 4.69) is 5.32 Å². The number of hydrogen-bond acceptors (Lipinski definition) is 6. The molecule has 1 fully saturated rings. The van der Waals surface area contributed by atoms with Gasteiger partial charge in [0.25, 0.3) is 11.6 Å². The van der Waals surface area contributed by atoms with Crippen LogP contribution in [0.15, 0.2) is 42.5 Å². The minimum atomic E-state index is -0.585. The fourth-order valence-electron chi connectivity index (χ4n) is 3.47. The van der Waals surface area contributed by atoms with Crippen molar-refractivity contribution in [3.63, 3.8) is 0 Å². The van der Waals surface area contributed by atoms with E-state index in [0.29, 0.717) is 36.2 Å². The van der Waals surface area contributed by atoms with Crippen LogP contribution in [0.25, 0.3) is 11.1 Å². The molecule has 2 aromatic carbocycles. The normalized spacial score (nSPS) is 16.1. The lowest BCUT2D eigenvalue weighted by molar-refractivity contribution is -0.384. The molecule has 3 rings (SSSR count). The van der Waals surface area contributed by atoms with Gasteiger partial charge in [-0.05, 0) is 51.0 Å². The molecule has 9 heteroatoms. The molecule has 2 amide bonds. The number of rotatable bonds is 4. The number of nitrogens with zero attached hydrogens (tertiary/aromatic N) is 2. The van der Waals surface area contributed by atoms with E-state index in [9.17, 15) is 19.7 Å². The highest BCUT2D eigenvalue weighted by molar-refractivity contribution is 5.96. The first-order chi connectivity index (χ1) is 14.5. The standard InChI is InChI=1S/C22H26N4O5/c1-22(2,3)31-21(28)24-16-9-10-25(13-16)20(27)15-6-4-5-14(11-15)18-8-7-17(26(29)30)12-19(18)23/h4-8,11-12,16H,9-10,13,23H2,1-3H3,(H,24,28). The molecule has 9 nitrogen and oxygen atoms in total. The van der Waals surface area contributed by atoms with Gasteiger partial charge in [0.1, 0.15) is 5.60 Å². The molecule has 3 N–H and O–H groups in total. The fourth-order valence-corrected chi connectivity index (χ4v) is 3.47. The van der Waals surface area contributed by atoms with E-state index >= 15 is 0 Å². The molecule has 0 aliphatic carbocycles. The van der Waals surface area contributed by atoms with Crippen molar-refractivity contribution in [3.05, 3.63) is 58.1 Å². The lowest BCUT2D eigenvalue weighted by atomic mass is 10.0. The van der Waals surface area contributed by atoms with Crippen LogP contribution < -0.4 is 11.1 Å². The molecular weight excluding hydrogens is 400 g/mol. The summed E-state index contributed by atoms with van der Waals surface area (Å²) in [6.45, 7) is 6.29. The maximum absolute atomic E-state index is 13.0. The van der Waals surface area contributed by atoms with Crippen molar-refractivity contribution in [3.8, 4) is 11.1 Å². The molecule has 2 aromatic rings. The molecule has 31 heavy (non-hydrogen) atoms. The minimum absolute atomic E-state index is 0.0888. The number of carbonyl (C=O) groups is 2. The molecule has 1 aliphatic heterocycles. The summed E-state index contributed by atoms with van der Waals surface area (Å²) >= 11 is 0. The van der Waals surface area contributed by atoms with Gasteiger partial charge in [-0.15, -0.1) is 0 Å². The zero-order valence-electron chi connectivity index (χ0n) is 17.8. The average molecular weight is 426 g/mol. The first-order valence-corrected chi connectivity index (χ1v) is 9.96. The summed E-state index contributed by atoms with van der Waals surface area (Å²) in [5, 5.41) is 13.7. The zero-order valence-corrected chi connectivity index (χ0v) is 17.8. The number of likely N-dealkylation sites (tertiary alicyclic amines) is 1. The maximum Gasteiger partial charge on any atom is 0.407 e. The Balaban J connectivity index is 1.70. The number of nitrogens with one attached hydrogen (secondary N) is 1. The second-order valence-electron chi connectivity index (χ2n) is 8.49. The van der Waals surface area contributed by atoms with Gasteiger partial charge >= 0.3 is 6.09 Å². The van der Waals surface area contributed by atoms with Gasteiger partial charge in [0.15, 0.2) is 0 Å². The number of benzene rings is 2. The monoisotopic (exact) mass is 426 g/mol. The van der Waals surface area contributed by atoms with Crippen molar-refractivity contribution in [1.82, 2.24) is 10.2 Å². The third kappa shape index (κ3) is 5.50. The summed E-state index contributed by atoms with van der Waals surface area (Å²) in [6, 6.07) is 11.1. The van der Waals surface area contributed by atoms with Gasteiger partial charge in [-0.1, -0.05) is 12.1 Å². The second-order valence-corrected chi connectivity index (χ2v) is 8.49. The number of hydrogen-bond donors (Lipinski definition) is 2. The number of nitro groups is 1. The Labute approximate surface area is 180 Å². The van der Waals surface area contributed by atoms with E-state index in [0.717, 1.165) is 0 Å². The van der Waals surface area contributed by atoms with E-state index < -0.39 is 16.6 Å². The van der Waals surface area contributed by atoms with Crippen molar-refractivity contribution in [2.24, 2.45) is 0 Å². The van der Waals surface area contributed by atoms with Gasteiger partial charge in [0.05, 0.1) is 11.0 Å². The summed E-state index contributed by atoms with van der Waals surface area (Å²) in [6.07, 6.45) is 0.141. The third-order valence-electron chi connectivity index (χ3n) is 4.86. The Morgan fingerprint density at radius 1 is 1.23 bits per heavy atom. The summed E-state index contributed by atoms with van der Waals surface area (Å²) in [5.74, 6) is -0.157. The third-order valence-corrected chi connectivity index (χ3v) is 4.86. The summed E-state index contributed by atoms with van der Waals surface area (Å²) in [7, 11) is 0. The number of non-ortho nitro benzene ring substituents is 1. The molecule has 164 valence electrons. The molecule has 0 radical (unpaired) electrons. The molecule has 1 heterocycles. The molecule has 0 bridgehead atoms. The maximum atomic E-state index is 13.0. The average Bonchev–Trinajstić information content (AvgIpc) is 3.14. The number of nitrogens with two attached hydrogens (primary N) is 1. The Morgan fingerprint density at radius 2 is 1.97 bits per heavy atom. The second kappa shape index (κ2) is 8.63. The van der Waals surface area contributed by atoms with E-state index in [-0.39, 0.29) is 23.3 Å². The highest BCUT2D eigenvalue weighted by Crippen LogP contribution is 2.30.